The Morgan fingerprint density at radius 2 is 1.63 bits per heavy atom. The summed E-state index contributed by atoms with van der Waals surface area (Å²) in [6.07, 6.45) is 8.44. The van der Waals surface area contributed by atoms with Gasteiger partial charge in [0.25, 0.3) is 0 Å². The van der Waals surface area contributed by atoms with Crippen LogP contribution in [0.15, 0.2) is 11.6 Å². The molecule has 5 aliphatic rings. The topological polar surface area (TPSA) is 98.0 Å². The van der Waals surface area contributed by atoms with Gasteiger partial charge in [-0.05, 0) is 91.3 Å². The summed E-state index contributed by atoms with van der Waals surface area (Å²) >= 11 is 0. The summed E-state index contributed by atoms with van der Waals surface area (Å²) in [7, 11) is 0. The van der Waals surface area contributed by atoms with Crippen molar-refractivity contribution in [1.29, 1.82) is 0 Å². The minimum atomic E-state index is -0.711. The van der Waals surface area contributed by atoms with Gasteiger partial charge in [0.2, 0.25) is 0 Å². The van der Waals surface area contributed by atoms with Crippen molar-refractivity contribution in [2.75, 3.05) is 6.61 Å². The lowest BCUT2D eigenvalue weighted by molar-refractivity contribution is -0.252. The van der Waals surface area contributed by atoms with E-state index in [4.69, 9.17) is 0 Å². The van der Waals surface area contributed by atoms with Crippen LogP contribution in [0.2, 0.25) is 0 Å². The number of carbonyl (C=O) groups is 1. The number of hydrogen-bond donors (Lipinski definition) is 4. The van der Waals surface area contributed by atoms with Crippen LogP contribution in [0.5, 0.6) is 0 Å². The Kier molecular flexibility index (Phi) is 5.56. The van der Waals surface area contributed by atoms with E-state index in [0.717, 1.165) is 38.5 Å². The molecule has 0 aromatic heterocycles. The minimum absolute atomic E-state index is 0.0545. The second-order valence-corrected chi connectivity index (χ2v) is 15.1. The maximum atomic E-state index is 12.8. The molecule has 0 radical (unpaired) electrons. The van der Waals surface area contributed by atoms with Gasteiger partial charge in [-0.25, -0.2) is 0 Å². The third-order valence-corrected chi connectivity index (χ3v) is 13.1. The summed E-state index contributed by atoms with van der Waals surface area (Å²) in [5, 5.41) is 43.6. The molecule has 198 valence electrons. The molecule has 4 N–H and O–H groups in total. The molecule has 5 nitrogen and oxygen atoms in total. The summed E-state index contributed by atoms with van der Waals surface area (Å²) in [5.41, 5.74) is -0.397. The van der Waals surface area contributed by atoms with Gasteiger partial charge in [-0.2, -0.15) is 0 Å². The van der Waals surface area contributed by atoms with Crippen molar-refractivity contribution in [1.82, 2.24) is 0 Å². The molecule has 4 fully saturated rings. The summed E-state index contributed by atoms with van der Waals surface area (Å²) in [5.74, 6) is -0.400. The quantitative estimate of drug-likeness (QED) is 0.402. The van der Waals surface area contributed by atoms with Crippen LogP contribution < -0.4 is 0 Å². The Morgan fingerprint density at radius 1 is 0.971 bits per heavy atom. The first kappa shape index (κ1) is 25.7. The zero-order valence-electron chi connectivity index (χ0n) is 22.7. The third kappa shape index (κ3) is 3.07. The first-order valence-electron chi connectivity index (χ1n) is 14.0. The summed E-state index contributed by atoms with van der Waals surface area (Å²) < 4.78 is 0. The second-order valence-electron chi connectivity index (χ2n) is 15.1. The van der Waals surface area contributed by atoms with Crippen LogP contribution in [-0.2, 0) is 4.79 Å². The normalized spacial score (nSPS) is 55.0. The highest BCUT2D eigenvalue weighted by atomic mass is 16.4. The smallest absolute Gasteiger partial charge is 0.310 e. The van der Waals surface area contributed by atoms with Gasteiger partial charge in [-0.1, -0.05) is 53.2 Å². The van der Waals surface area contributed by atoms with Crippen molar-refractivity contribution in [2.45, 2.75) is 112 Å². The van der Waals surface area contributed by atoms with E-state index in [1.54, 1.807) is 0 Å². The minimum Gasteiger partial charge on any atom is -0.481 e. The number of aliphatic hydroxyl groups is 3. The molecule has 5 rings (SSSR count). The fraction of sp³-hybridized carbons (Fsp3) is 0.900. The molecule has 0 saturated heterocycles. The van der Waals surface area contributed by atoms with Crippen molar-refractivity contribution < 1.29 is 25.2 Å². The van der Waals surface area contributed by atoms with E-state index in [1.807, 2.05) is 6.92 Å². The standard InChI is InChI=1S/C30H48O5/c1-25(2)11-13-30(24(34)35)14-12-28(5)18(19(30)15-25)7-8-21-26(3)10-9-22(33)27(4,17-31)23(26)20(32)16-29(21,28)6/h7,19-23,31-33H,8-17H2,1-6H3,(H,34,35)/t19-,20-,21+,22+,23+,26+,27-,28+,29+,30-/m0/s1. The molecule has 0 aliphatic heterocycles. The van der Waals surface area contributed by atoms with Crippen LogP contribution in [0.1, 0.15) is 99.3 Å². The van der Waals surface area contributed by atoms with E-state index < -0.39 is 29.0 Å². The Hall–Kier alpha value is -0.910. The monoisotopic (exact) mass is 488 g/mol. The van der Waals surface area contributed by atoms with Gasteiger partial charge in [0, 0.05) is 11.3 Å². The Labute approximate surface area is 211 Å². The molecule has 35 heavy (non-hydrogen) atoms. The van der Waals surface area contributed by atoms with E-state index in [9.17, 15) is 25.2 Å². The third-order valence-electron chi connectivity index (χ3n) is 13.1. The summed E-state index contributed by atoms with van der Waals surface area (Å²) in [4.78, 5) is 12.8. The molecule has 0 aromatic carbocycles. The van der Waals surface area contributed by atoms with Gasteiger partial charge in [0.15, 0.2) is 0 Å². The van der Waals surface area contributed by atoms with Crippen LogP contribution in [0.3, 0.4) is 0 Å². The van der Waals surface area contributed by atoms with Crippen LogP contribution in [0.4, 0.5) is 0 Å². The average Bonchev–Trinajstić information content (AvgIpc) is 2.76. The predicted octanol–water partition coefficient (Wildman–Crippen LogP) is 5.18. The predicted molar refractivity (Wildman–Crippen MR) is 135 cm³/mol. The molecule has 0 bridgehead atoms. The molecular formula is C30H48O5. The van der Waals surface area contributed by atoms with Crippen molar-refractivity contribution in [3.8, 4) is 0 Å². The van der Waals surface area contributed by atoms with E-state index >= 15 is 0 Å². The molecule has 5 aliphatic carbocycles. The van der Waals surface area contributed by atoms with Crippen molar-refractivity contribution >= 4 is 5.97 Å². The molecule has 4 saturated carbocycles. The molecule has 5 heteroatoms. The fourth-order valence-corrected chi connectivity index (χ4v) is 10.8. The lowest BCUT2D eigenvalue weighted by atomic mass is 9.33. The zero-order chi connectivity index (χ0) is 25.8. The summed E-state index contributed by atoms with van der Waals surface area (Å²) in [6.45, 7) is 13.5. The molecule has 0 amide bonds. The van der Waals surface area contributed by atoms with E-state index in [2.05, 4.69) is 40.7 Å². The SMILES string of the molecule is CC1(C)CC[C@]2(C(=O)O)CC[C@]3(C)C(=CC[C@@H]4[C@@]5(C)CC[C@@H](O)[C@](C)(CO)[C@@H]5[C@@H](O)C[C@]43C)[C@@H]2C1. The van der Waals surface area contributed by atoms with Crippen molar-refractivity contribution in [3.05, 3.63) is 11.6 Å². The number of carboxylic acid groups (broad SMARTS) is 1. The lowest BCUT2D eigenvalue weighted by Gasteiger charge is -2.72. The number of aliphatic carboxylic acids is 1. The highest BCUT2D eigenvalue weighted by Crippen LogP contribution is 2.75. The van der Waals surface area contributed by atoms with E-state index in [0.29, 0.717) is 25.2 Å². The molecule has 0 unspecified atom stereocenters. The highest BCUT2D eigenvalue weighted by Gasteiger charge is 2.71. The molecular weight excluding hydrogens is 440 g/mol. The largest absolute Gasteiger partial charge is 0.481 e. The first-order valence-corrected chi connectivity index (χ1v) is 14.0. The van der Waals surface area contributed by atoms with Gasteiger partial charge in [0.1, 0.15) is 0 Å². The number of carboxylic acids is 1. The number of fused-ring (bicyclic) bond motifs is 7. The molecule has 0 heterocycles. The average molecular weight is 489 g/mol. The highest BCUT2D eigenvalue weighted by molar-refractivity contribution is 5.76. The summed E-state index contributed by atoms with van der Waals surface area (Å²) in [6, 6.07) is 0. The number of hydrogen-bond acceptors (Lipinski definition) is 4. The van der Waals surface area contributed by atoms with Gasteiger partial charge in [-0.15, -0.1) is 0 Å². The van der Waals surface area contributed by atoms with Crippen molar-refractivity contribution in [3.63, 3.8) is 0 Å². The van der Waals surface area contributed by atoms with Gasteiger partial charge < -0.3 is 20.4 Å². The Balaban J connectivity index is 1.63. The van der Waals surface area contributed by atoms with Crippen LogP contribution in [0.25, 0.3) is 0 Å². The molecule has 0 spiro atoms. The maximum absolute atomic E-state index is 12.8. The van der Waals surface area contributed by atoms with Crippen molar-refractivity contribution in [2.24, 2.45) is 50.2 Å². The zero-order valence-corrected chi connectivity index (χ0v) is 22.7. The number of allylic oxidation sites excluding steroid dienone is 2. The second kappa shape index (κ2) is 7.57. The van der Waals surface area contributed by atoms with E-state index in [1.165, 1.54) is 5.57 Å². The lowest BCUT2D eigenvalue weighted by Crippen LogP contribution is -2.69. The number of aliphatic hydroxyl groups excluding tert-OH is 3. The number of rotatable bonds is 2. The Bertz CT molecular complexity index is 941. The van der Waals surface area contributed by atoms with Crippen LogP contribution in [-0.4, -0.2) is 45.2 Å². The van der Waals surface area contributed by atoms with Crippen LogP contribution in [0, 0.1) is 50.2 Å². The van der Waals surface area contributed by atoms with Crippen LogP contribution >= 0.6 is 0 Å². The van der Waals surface area contributed by atoms with Gasteiger partial charge in [-0.3, -0.25) is 4.79 Å². The van der Waals surface area contributed by atoms with Gasteiger partial charge in [0.05, 0.1) is 24.2 Å². The van der Waals surface area contributed by atoms with Gasteiger partial charge >= 0.3 is 5.97 Å². The molecule has 10 atom stereocenters. The first-order chi connectivity index (χ1) is 16.1. The Morgan fingerprint density at radius 3 is 2.26 bits per heavy atom. The fourth-order valence-electron chi connectivity index (χ4n) is 10.8. The maximum Gasteiger partial charge on any atom is 0.310 e. The van der Waals surface area contributed by atoms with E-state index in [-0.39, 0.29) is 40.1 Å². The molecule has 0 aromatic rings.